The van der Waals surface area contributed by atoms with Gasteiger partial charge in [0.15, 0.2) is 0 Å². The van der Waals surface area contributed by atoms with Crippen molar-refractivity contribution in [3.05, 3.63) is 11.9 Å². The topological polar surface area (TPSA) is 24.1 Å². The lowest BCUT2D eigenvalue weighted by molar-refractivity contribution is 0.469. The van der Waals surface area contributed by atoms with Crippen LogP contribution in [-0.4, -0.2) is 14.1 Å². The molecule has 0 radical (unpaired) electrons. The van der Waals surface area contributed by atoms with E-state index >= 15 is 0 Å². The first kappa shape index (κ1) is 13.9. The van der Waals surface area contributed by atoms with Gasteiger partial charge in [-0.3, -0.25) is 0 Å². The fourth-order valence-electron chi connectivity index (χ4n) is 0.808. The molecule has 0 aliphatic carbocycles. The van der Waals surface area contributed by atoms with Gasteiger partial charge in [-0.25, -0.2) is 0 Å². The summed E-state index contributed by atoms with van der Waals surface area (Å²) in [6.07, 6.45) is 1.99. The molecule has 0 aromatic heterocycles. The molecule has 12 heavy (non-hydrogen) atoms. The van der Waals surface area contributed by atoms with E-state index in [4.69, 9.17) is 0 Å². The fraction of sp³-hybridized carbons (Fsp3) is 0.800. The van der Waals surface area contributed by atoms with Crippen LogP contribution in [0.25, 0.3) is 0 Å². The zero-order valence-electron chi connectivity index (χ0n) is 9.58. The Balaban J connectivity index is 0. The largest absolute Gasteiger partial charge is 0.393 e. The first-order valence-electron chi connectivity index (χ1n) is 4.58. The average molecular weight is 172 g/mol. The van der Waals surface area contributed by atoms with Crippen LogP contribution in [0.2, 0.25) is 0 Å². The summed E-state index contributed by atoms with van der Waals surface area (Å²) in [5, 5.41) is 6.14. The first-order valence-corrected chi connectivity index (χ1v) is 4.58. The van der Waals surface area contributed by atoms with Crippen molar-refractivity contribution < 1.29 is 0 Å². The second-order valence-corrected chi connectivity index (χ2v) is 3.35. The SMILES string of the molecule is CC.CN/C=C(\NC)C(C)(C)C. The summed E-state index contributed by atoms with van der Waals surface area (Å²) in [5.74, 6) is 0. The van der Waals surface area contributed by atoms with Crippen LogP contribution in [0, 0.1) is 5.41 Å². The van der Waals surface area contributed by atoms with Gasteiger partial charge in [-0.2, -0.15) is 0 Å². The van der Waals surface area contributed by atoms with Crippen LogP contribution in [0.3, 0.4) is 0 Å². The van der Waals surface area contributed by atoms with Crippen LogP contribution in [0.5, 0.6) is 0 Å². The van der Waals surface area contributed by atoms with E-state index in [1.165, 1.54) is 5.70 Å². The molecule has 0 saturated carbocycles. The van der Waals surface area contributed by atoms with Gasteiger partial charge < -0.3 is 10.6 Å². The maximum atomic E-state index is 3.14. The molecule has 0 bridgehead atoms. The Kier molecular flexibility index (Phi) is 8.12. The standard InChI is InChI=1S/C8H18N2.C2H6/c1-8(2,3)7(10-5)6-9-4;1-2/h6,9-10H,1-5H3;1-2H3/b7-6-;. The third kappa shape index (κ3) is 6.08. The zero-order chi connectivity index (χ0) is 10.2. The minimum Gasteiger partial charge on any atom is -0.393 e. The van der Waals surface area contributed by atoms with Crippen molar-refractivity contribution in [1.82, 2.24) is 10.6 Å². The maximum Gasteiger partial charge on any atom is 0.0318 e. The van der Waals surface area contributed by atoms with E-state index in [-0.39, 0.29) is 5.41 Å². The molecule has 0 aliphatic rings. The molecular formula is C10H24N2. The fourth-order valence-corrected chi connectivity index (χ4v) is 0.808. The summed E-state index contributed by atoms with van der Waals surface area (Å²) in [7, 11) is 3.84. The normalized spacial score (nSPS) is 11.4. The van der Waals surface area contributed by atoms with Gasteiger partial charge in [0.2, 0.25) is 0 Å². The van der Waals surface area contributed by atoms with Gasteiger partial charge in [-0.05, 0) is 0 Å². The van der Waals surface area contributed by atoms with E-state index in [2.05, 4.69) is 31.4 Å². The summed E-state index contributed by atoms with van der Waals surface area (Å²) in [6.45, 7) is 10.5. The van der Waals surface area contributed by atoms with Gasteiger partial charge in [0.25, 0.3) is 0 Å². The predicted octanol–water partition coefficient (Wildman–Crippen LogP) is 2.34. The Morgan fingerprint density at radius 2 is 1.50 bits per heavy atom. The maximum absolute atomic E-state index is 3.14. The highest BCUT2D eigenvalue weighted by molar-refractivity contribution is 5.06. The van der Waals surface area contributed by atoms with E-state index < -0.39 is 0 Å². The number of nitrogens with one attached hydrogen (secondary N) is 2. The molecule has 0 aromatic carbocycles. The van der Waals surface area contributed by atoms with Crippen molar-refractivity contribution in [2.45, 2.75) is 34.6 Å². The van der Waals surface area contributed by atoms with E-state index in [9.17, 15) is 0 Å². The Bertz CT molecular complexity index is 120. The minimum atomic E-state index is 0.206. The molecule has 0 heterocycles. The molecule has 0 aromatic rings. The summed E-state index contributed by atoms with van der Waals surface area (Å²) in [5.41, 5.74) is 1.42. The van der Waals surface area contributed by atoms with E-state index in [0.29, 0.717) is 0 Å². The molecule has 0 saturated heterocycles. The highest BCUT2D eigenvalue weighted by Crippen LogP contribution is 2.21. The van der Waals surface area contributed by atoms with E-state index in [1.54, 1.807) is 0 Å². The number of hydrogen-bond acceptors (Lipinski definition) is 2. The lowest BCUT2D eigenvalue weighted by atomic mass is 9.92. The molecule has 0 fully saturated rings. The lowest BCUT2D eigenvalue weighted by Crippen LogP contribution is -2.22. The predicted molar refractivity (Wildman–Crippen MR) is 57.0 cm³/mol. The molecular weight excluding hydrogens is 148 g/mol. The highest BCUT2D eigenvalue weighted by Gasteiger charge is 2.14. The van der Waals surface area contributed by atoms with Gasteiger partial charge >= 0.3 is 0 Å². The van der Waals surface area contributed by atoms with Crippen LogP contribution < -0.4 is 10.6 Å². The second kappa shape index (κ2) is 7.01. The smallest absolute Gasteiger partial charge is 0.0318 e. The molecule has 0 spiro atoms. The summed E-state index contributed by atoms with van der Waals surface area (Å²) >= 11 is 0. The van der Waals surface area contributed by atoms with Crippen molar-refractivity contribution in [2.75, 3.05) is 14.1 Å². The van der Waals surface area contributed by atoms with E-state index in [0.717, 1.165) is 0 Å². The van der Waals surface area contributed by atoms with E-state index in [1.807, 2.05) is 34.1 Å². The Labute approximate surface area is 77.4 Å². The Morgan fingerprint density at radius 3 is 1.58 bits per heavy atom. The minimum absolute atomic E-state index is 0.206. The van der Waals surface area contributed by atoms with Crippen LogP contribution in [0.4, 0.5) is 0 Å². The lowest BCUT2D eigenvalue weighted by Gasteiger charge is -2.22. The number of hydrogen-bond donors (Lipinski definition) is 2. The quantitative estimate of drug-likeness (QED) is 0.668. The first-order chi connectivity index (χ1) is 5.52. The third-order valence-corrected chi connectivity index (χ3v) is 1.37. The number of allylic oxidation sites excluding steroid dienone is 1. The molecule has 2 nitrogen and oxygen atoms in total. The summed E-state index contributed by atoms with van der Waals surface area (Å²) in [4.78, 5) is 0. The van der Waals surface area contributed by atoms with Crippen molar-refractivity contribution in [3.63, 3.8) is 0 Å². The van der Waals surface area contributed by atoms with Gasteiger partial charge in [0.05, 0.1) is 0 Å². The average Bonchev–Trinajstić information content (AvgIpc) is 2.02. The molecule has 2 N–H and O–H groups in total. The van der Waals surface area contributed by atoms with Crippen LogP contribution in [0.15, 0.2) is 11.9 Å². The number of rotatable bonds is 2. The van der Waals surface area contributed by atoms with Crippen molar-refractivity contribution >= 4 is 0 Å². The zero-order valence-corrected chi connectivity index (χ0v) is 9.58. The Hall–Kier alpha value is -0.660. The summed E-state index contributed by atoms with van der Waals surface area (Å²) in [6, 6.07) is 0. The van der Waals surface area contributed by atoms with Gasteiger partial charge in [-0.15, -0.1) is 0 Å². The molecule has 0 unspecified atom stereocenters. The monoisotopic (exact) mass is 172 g/mol. The van der Waals surface area contributed by atoms with Crippen LogP contribution in [0.1, 0.15) is 34.6 Å². The van der Waals surface area contributed by atoms with Gasteiger partial charge in [0, 0.05) is 31.4 Å². The second-order valence-electron chi connectivity index (χ2n) is 3.35. The highest BCUT2D eigenvalue weighted by atomic mass is 14.9. The van der Waals surface area contributed by atoms with Gasteiger partial charge in [0.1, 0.15) is 0 Å². The third-order valence-electron chi connectivity index (χ3n) is 1.37. The molecule has 74 valence electrons. The van der Waals surface area contributed by atoms with Crippen molar-refractivity contribution in [2.24, 2.45) is 5.41 Å². The molecule has 0 aliphatic heterocycles. The molecule has 0 rings (SSSR count). The molecule has 2 heteroatoms. The van der Waals surface area contributed by atoms with Crippen molar-refractivity contribution in [1.29, 1.82) is 0 Å². The Morgan fingerprint density at radius 1 is 1.08 bits per heavy atom. The molecule has 0 atom stereocenters. The van der Waals surface area contributed by atoms with Crippen molar-refractivity contribution in [3.8, 4) is 0 Å². The summed E-state index contributed by atoms with van der Waals surface area (Å²) < 4.78 is 0. The van der Waals surface area contributed by atoms with Crippen LogP contribution >= 0.6 is 0 Å². The van der Waals surface area contributed by atoms with Gasteiger partial charge in [-0.1, -0.05) is 34.6 Å². The van der Waals surface area contributed by atoms with Crippen LogP contribution in [-0.2, 0) is 0 Å². The molecule has 0 amide bonds.